The van der Waals surface area contributed by atoms with Gasteiger partial charge in [-0.3, -0.25) is 4.79 Å². The Bertz CT molecular complexity index is 637. The minimum atomic E-state index is -2.42. The van der Waals surface area contributed by atoms with E-state index in [0.717, 1.165) is 19.3 Å². The Morgan fingerprint density at radius 1 is 1.17 bits per heavy atom. The van der Waals surface area contributed by atoms with E-state index in [1.54, 1.807) is 24.3 Å². The van der Waals surface area contributed by atoms with Gasteiger partial charge in [0.2, 0.25) is 5.91 Å². The van der Waals surface area contributed by atoms with E-state index in [0.29, 0.717) is 34.2 Å². The summed E-state index contributed by atoms with van der Waals surface area (Å²) < 4.78 is 24.9. The third kappa shape index (κ3) is 3.12. The van der Waals surface area contributed by atoms with Crippen molar-refractivity contribution in [1.82, 2.24) is 0 Å². The molecule has 6 heteroatoms. The highest BCUT2D eigenvalue weighted by Gasteiger charge is 2.59. The molecule has 4 fully saturated rings. The van der Waals surface area contributed by atoms with E-state index in [9.17, 15) is 13.6 Å². The van der Waals surface area contributed by atoms with E-state index in [2.05, 4.69) is 21.2 Å². The summed E-state index contributed by atoms with van der Waals surface area (Å²) in [5.41, 5.74) is 0.433. The van der Waals surface area contributed by atoms with Crippen molar-refractivity contribution in [2.45, 2.75) is 53.5 Å². The van der Waals surface area contributed by atoms with E-state index in [4.69, 9.17) is 0 Å². The first-order chi connectivity index (χ1) is 11.4. The number of carbonyl (C=O) groups excluding carboxylic acids is 1. The van der Waals surface area contributed by atoms with Gasteiger partial charge in [0.05, 0.1) is 5.41 Å². The van der Waals surface area contributed by atoms with Gasteiger partial charge in [-0.05, 0) is 74.6 Å². The predicted molar refractivity (Wildman–Crippen MR) is 95.7 cm³/mol. The summed E-state index contributed by atoms with van der Waals surface area (Å²) in [5, 5.41) is 3.04. The topological polar surface area (TPSA) is 29.1 Å². The number of rotatable bonds is 4. The molecule has 4 bridgehead atoms. The van der Waals surface area contributed by atoms with Crippen LogP contribution in [-0.4, -0.2) is 16.0 Å². The number of amides is 1. The molecule has 130 valence electrons. The average molecular weight is 416 g/mol. The van der Waals surface area contributed by atoms with Crippen molar-refractivity contribution in [3.05, 3.63) is 24.3 Å². The van der Waals surface area contributed by atoms with E-state index in [1.165, 1.54) is 19.3 Å². The Balaban J connectivity index is 1.48. The lowest BCUT2D eigenvalue weighted by Crippen LogP contribution is -2.57. The Morgan fingerprint density at radius 2 is 1.79 bits per heavy atom. The Labute approximate surface area is 153 Å². The molecule has 0 radical (unpaired) electrons. The van der Waals surface area contributed by atoms with Gasteiger partial charge in [-0.15, -0.1) is 0 Å². The first-order valence-corrected chi connectivity index (χ1v) is 10.1. The monoisotopic (exact) mass is 415 g/mol. The highest BCUT2D eigenvalue weighted by Crippen LogP contribution is 2.64. The number of benzene rings is 1. The van der Waals surface area contributed by atoms with Crippen molar-refractivity contribution in [3.63, 3.8) is 0 Å². The molecule has 1 aromatic carbocycles. The summed E-state index contributed by atoms with van der Waals surface area (Å²) in [7, 11) is 0. The molecule has 0 aromatic heterocycles. The predicted octanol–water partition coefficient (Wildman–Crippen LogP) is 5.67. The highest BCUT2D eigenvalue weighted by molar-refractivity contribution is 9.10. The first-order valence-electron chi connectivity index (χ1n) is 8.41. The van der Waals surface area contributed by atoms with Gasteiger partial charge in [0.1, 0.15) is 0 Å². The summed E-state index contributed by atoms with van der Waals surface area (Å²) in [4.78, 5) is 13.5. The molecular weight excluding hydrogens is 396 g/mol. The van der Waals surface area contributed by atoms with Gasteiger partial charge >= 0.3 is 0 Å². The van der Waals surface area contributed by atoms with E-state index in [-0.39, 0.29) is 15.6 Å². The molecule has 4 aliphatic carbocycles. The molecule has 1 amide bonds. The standard InChI is InChI=1S/C18H20BrF2NOS/c19-18-8-11-5-12(9-18)7-17(6-11,10-18)15(23)22-13-1-3-14(4-2-13)24-16(20)21/h1-4,11-12,16H,5-10H2,(H,22,23)/t11-,12+,17?,18?. The maximum Gasteiger partial charge on any atom is 0.288 e. The lowest BCUT2D eigenvalue weighted by molar-refractivity contribution is -0.138. The molecule has 24 heavy (non-hydrogen) atoms. The molecular formula is C18H20BrF2NOS. The van der Waals surface area contributed by atoms with Gasteiger partial charge in [-0.1, -0.05) is 27.7 Å². The number of carbonyl (C=O) groups is 1. The summed E-state index contributed by atoms with van der Waals surface area (Å²) in [6.45, 7) is 0. The normalized spacial score (nSPS) is 37.0. The van der Waals surface area contributed by atoms with Gasteiger partial charge in [0, 0.05) is 14.9 Å². The van der Waals surface area contributed by atoms with Crippen LogP contribution >= 0.6 is 27.7 Å². The van der Waals surface area contributed by atoms with Crippen LogP contribution in [0.5, 0.6) is 0 Å². The van der Waals surface area contributed by atoms with Crippen molar-refractivity contribution in [2.24, 2.45) is 17.3 Å². The lowest BCUT2D eigenvalue weighted by atomic mass is 9.49. The Morgan fingerprint density at radius 3 is 2.33 bits per heavy atom. The number of hydrogen-bond acceptors (Lipinski definition) is 2. The average Bonchev–Trinajstić information content (AvgIpc) is 2.46. The van der Waals surface area contributed by atoms with Gasteiger partial charge in [0.15, 0.2) is 0 Å². The minimum absolute atomic E-state index is 0.106. The molecule has 4 aliphatic rings. The summed E-state index contributed by atoms with van der Waals surface area (Å²) in [6.07, 6.45) is 6.54. The second-order valence-corrected chi connectivity index (χ2v) is 10.5. The van der Waals surface area contributed by atoms with Gasteiger partial charge < -0.3 is 5.32 Å². The molecule has 5 rings (SSSR count). The third-order valence-corrected chi connectivity index (χ3v) is 7.46. The van der Waals surface area contributed by atoms with Crippen LogP contribution in [0.2, 0.25) is 0 Å². The van der Waals surface area contributed by atoms with Crippen LogP contribution in [0.15, 0.2) is 29.2 Å². The van der Waals surface area contributed by atoms with Gasteiger partial charge in [-0.25, -0.2) is 0 Å². The Hall–Kier alpha value is -0.620. The molecule has 2 unspecified atom stereocenters. The fourth-order valence-electron chi connectivity index (χ4n) is 5.40. The molecule has 4 saturated carbocycles. The summed E-state index contributed by atoms with van der Waals surface area (Å²) >= 11 is 4.45. The second-order valence-electron chi connectivity index (χ2n) is 7.75. The van der Waals surface area contributed by atoms with Gasteiger partial charge in [-0.2, -0.15) is 8.78 Å². The zero-order chi connectivity index (χ0) is 16.9. The lowest BCUT2D eigenvalue weighted by Gasteiger charge is -2.59. The van der Waals surface area contributed by atoms with Crippen LogP contribution < -0.4 is 5.32 Å². The fraction of sp³-hybridized carbons (Fsp3) is 0.611. The number of thioether (sulfide) groups is 1. The number of hydrogen-bond donors (Lipinski definition) is 1. The zero-order valence-electron chi connectivity index (χ0n) is 13.2. The van der Waals surface area contributed by atoms with Crippen molar-refractivity contribution < 1.29 is 13.6 Å². The molecule has 0 saturated heterocycles. The number of halogens is 3. The second kappa shape index (κ2) is 5.97. The fourth-order valence-corrected chi connectivity index (χ4v) is 7.35. The van der Waals surface area contributed by atoms with Crippen molar-refractivity contribution >= 4 is 39.3 Å². The van der Waals surface area contributed by atoms with E-state index < -0.39 is 5.76 Å². The summed E-state index contributed by atoms with van der Waals surface area (Å²) in [6, 6.07) is 6.70. The molecule has 1 N–H and O–H groups in total. The van der Waals surface area contributed by atoms with Crippen LogP contribution in [0.25, 0.3) is 0 Å². The minimum Gasteiger partial charge on any atom is -0.326 e. The summed E-state index contributed by atoms with van der Waals surface area (Å²) in [5.74, 6) is -1.01. The smallest absolute Gasteiger partial charge is 0.288 e. The van der Waals surface area contributed by atoms with E-state index in [1.807, 2.05) is 0 Å². The van der Waals surface area contributed by atoms with Crippen LogP contribution in [0.4, 0.5) is 14.5 Å². The highest BCUT2D eigenvalue weighted by atomic mass is 79.9. The van der Waals surface area contributed by atoms with E-state index >= 15 is 0 Å². The molecule has 2 nitrogen and oxygen atoms in total. The number of anilines is 1. The number of alkyl halides is 3. The molecule has 4 atom stereocenters. The maximum absolute atomic E-state index is 13.0. The largest absolute Gasteiger partial charge is 0.326 e. The molecule has 1 aromatic rings. The Kier molecular flexibility index (Phi) is 4.19. The third-order valence-electron chi connectivity index (χ3n) is 5.81. The maximum atomic E-state index is 13.0. The van der Waals surface area contributed by atoms with Crippen LogP contribution in [0.1, 0.15) is 38.5 Å². The zero-order valence-corrected chi connectivity index (χ0v) is 15.6. The quantitative estimate of drug-likeness (QED) is 0.506. The van der Waals surface area contributed by atoms with Crippen LogP contribution in [0, 0.1) is 17.3 Å². The van der Waals surface area contributed by atoms with Gasteiger partial charge in [0.25, 0.3) is 5.76 Å². The molecule has 0 spiro atoms. The van der Waals surface area contributed by atoms with Crippen LogP contribution in [-0.2, 0) is 4.79 Å². The van der Waals surface area contributed by atoms with Crippen molar-refractivity contribution in [1.29, 1.82) is 0 Å². The molecule has 0 heterocycles. The van der Waals surface area contributed by atoms with Crippen molar-refractivity contribution in [3.8, 4) is 0 Å². The SMILES string of the molecule is O=C(Nc1ccc(SC(F)F)cc1)C12C[C@@H]3C[C@@H](CC(Br)(C3)C1)C2. The van der Waals surface area contributed by atoms with Crippen molar-refractivity contribution in [2.75, 3.05) is 5.32 Å². The first kappa shape index (κ1) is 16.8. The molecule has 0 aliphatic heterocycles. The van der Waals surface area contributed by atoms with Crippen LogP contribution in [0.3, 0.4) is 0 Å². The number of nitrogens with one attached hydrogen (secondary N) is 1.